The Bertz CT molecular complexity index is 903. The van der Waals surface area contributed by atoms with Gasteiger partial charge in [-0.2, -0.15) is 0 Å². The van der Waals surface area contributed by atoms with Crippen LogP contribution >= 0.6 is 11.6 Å². The van der Waals surface area contributed by atoms with Crippen LogP contribution in [0.3, 0.4) is 0 Å². The first kappa shape index (κ1) is 19.2. The maximum Gasteiger partial charge on any atom is 0.247 e. The van der Waals surface area contributed by atoms with E-state index in [1.54, 1.807) is 18.2 Å². The molecule has 25 heavy (non-hydrogen) atoms. The van der Waals surface area contributed by atoms with Crippen molar-refractivity contribution in [2.75, 3.05) is 15.9 Å². The van der Waals surface area contributed by atoms with Crippen LogP contribution in [0.25, 0.3) is 0 Å². The lowest BCUT2D eigenvalue weighted by atomic mass is 10.2. The summed E-state index contributed by atoms with van der Waals surface area (Å²) in [5.41, 5.74) is 1.08. The van der Waals surface area contributed by atoms with Crippen LogP contribution in [0.15, 0.2) is 42.5 Å². The predicted octanol–water partition coefficient (Wildman–Crippen LogP) is 3.58. The van der Waals surface area contributed by atoms with E-state index in [2.05, 4.69) is 5.32 Å². The van der Waals surface area contributed by atoms with Crippen LogP contribution in [0.2, 0.25) is 5.02 Å². The number of amides is 1. The maximum atomic E-state index is 14.1. The van der Waals surface area contributed by atoms with Crippen molar-refractivity contribution in [3.63, 3.8) is 0 Å². The van der Waals surface area contributed by atoms with Crippen molar-refractivity contribution in [2.24, 2.45) is 0 Å². The molecule has 0 aliphatic heterocycles. The molecule has 0 aromatic heterocycles. The van der Waals surface area contributed by atoms with E-state index in [9.17, 15) is 17.6 Å². The van der Waals surface area contributed by atoms with Crippen LogP contribution < -0.4 is 9.62 Å². The number of hydrogen-bond acceptors (Lipinski definition) is 3. The number of benzene rings is 2. The third-order valence-corrected chi connectivity index (χ3v) is 5.25. The number of aryl methyl sites for hydroxylation is 1. The SMILES string of the molecule is Cc1ccc(NC(=O)C(C)N(c2ccccc2F)S(C)(=O)=O)cc1Cl. The van der Waals surface area contributed by atoms with Crippen LogP contribution in [0.4, 0.5) is 15.8 Å². The van der Waals surface area contributed by atoms with Crippen molar-refractivity contribution in [3.05, 3.63) is 58.9 Å². The quantitative estimate of drug-likeness (QED) is 0.856. The van der Waals surface area contributed by atoms with Gasteiger partial charge in [-0.3, -0.25) is 9.10 Å². The number of hydrogen-bond donors (Lipinski definition) is 1. The van der Waals surface area contributed by atoms with Gasteiger partial charge in [-0.1, -0.05) is 29.8 Å². The summed E-state index contributed by atoms with van der Waals surface area (Å²) in [4.78, 5) is 12.5. The van der Waals surface area contributed by atoms with E-state index in [4.69, 9.17) is 11.6 Å². The van der Waals surface area contributed by atoms with Gasteiger partial charge in [-0.25, -0.2) is 12.8 Å². The Balaban J connectivity index is 2.33. The first-order valence-electron chi connectivity index (χ1n) is 7.42. The second-order valence-corrected chi connectivity index (χ2v) is 7.91. The molecule has 2 aromatic carbocycles. The molecular formula is C17H18ClFN2O3S. The van der Waals surface area contributed by atoms with Gasteiger partial charge < -0.3 is 5.32 Å². The van der Waals surface area contributed by atoms with Gasteiger partial charge in [-0.15, -0.1) is 0 Å². The van der Waals surface area contributed by atoms with E-state index in [0.717, 1.165) is 22.2 Å². The van der Waals surface area contributed by atoms with Gasteiger partial charge in [0.15, 0.2) is 0 Å². The summed E-state index contributed by atoms with van der Waals surface area (Å²) in [6.45, 7) is 3.21. The molecule has 2 aromatic rings. The molecule has 0 spiro atoms. The number of nitrogens with one attached hydrogen (secondary N) is 1. The molecule has 0 heterocycles. The fourth-order valence-electron chi connectivity index (χ4n) is 2.33. The van der Waals surface area contributed by atoms with Crippen LogP contribution in [0.1, 0.15) is 12.5 Å². The molecule has 0 aliphatic carbocycles. The van der Waals surface area contributed by atoms with Gasteiger partial charge in [-0.05, 0) is 43.7 Å². The summed E-state index contributed by atoms with van der Waals surface area (Å²) in [6.07, 6.45) is 0.923. The summed E-state index contributed by atoms with van der Waals surface area (Å²) in [5.74, 6) is -1.33. The predicted molar refractivity (Wildman–Crippen MR) is 98.0 cm³/mol. The highest BCUT2D eigenvalue weighted by molar-refractivity contribution is 7.92. The lowest BCUT2D eigenvalue weighted by Gasteiger charge is -2.28. The molecule has 134 valence electrons. The molecule has 0 saturated carbocycles. The van der Waals surface area contributed by atoms with Crippen LogP contribution in [0, 0.1) is 12.7 Å². The number of nitrogens with zero attached hydrogens (tertiary/aromatic N) is 1. The number of rotatable bonds is 5. The monoisotopic (exact) mass is 384 g/mol. The lowest BCUT2D eigenvalue weighted by molar-refractivity contribution is -0.116. The summed E-state index contributed by atoms with van der Waals surface area (Å²) in [7, 11) is -3.89. The molecule has 1 unspecified atom stereocenters. The van der Waals surface area contributed by atoms with E-state index in [-0.39, 0.29) is 5.69 Å². The Morgan fingerprint density at radius 2 is 1.88 bits per heavy atom. The molecule has 1 atom stereocenters. The van der Waals surface area contributed by atoms with E-state index < -0.39 is 27.8 Å². The minimum atomic E-state index is -3.89. The molecule has 0 radical (unpaired) electrons. The number of para-hydroxylation sites is 1. The zero-order chi connectivity index (χ0) is 18.8. The zero-order valence-electron chi connectivity index (χ0n) is 14.0. The van der Waals surface area contributed by atoms with Crippen molar-refractivity contribution < 1.29 is 17.6 Å². The van der Waals surface area contributed by atoms with Gasteiger partial charge in [0, 0.05) is 10.7 Å². The first-order chi connectivity index (χ1) is 11.6. The largest absolute Gasteiger partial charge is 0.324 e. The minimum Gasteiger partial charge on any atom is -0.324 e. The Labute approximate surface area is 151 Å². The molecule has 0 saturated heterocycles. The number of carbonyl (C=O) groups excluding carboxylic acids is 1. The fraction of sp³-hybridized carbons (Fsp3) is 0.235. The average molecular weight is 385 g/mol. The summed E-state index contributed by atoms with van der Waals surface area (Å²) >= 11 is 6.02. The Kier molecular flexibility index (Phi) is 5.69. The van der Waals surface area contributed by atoms with E-state index in [0.29, 0.717) is 10.7 Å². The average Bonchev–Trinajstić information content (AvgIpc) is 2.51. The molecule has 0 fully saturated rings. The normalized spacial score (nSPS) is 12.5. The topological polar surface area (TPSA) is 66.5 Å². The van der Waals surface area contributed by atoms with Crippen molar-refractivity contribution >= 4 is 38.9 Å². The van der Waals surface area contributed by atoms with Gasteiger partial charge in [0.05, 0.1) is 11.9 Å². The highest BCUT2D eigenvalue weighted by Crippen LogP contribution is 2.25. The van der Waals surface area contributed by atoms with Gasteiger partial charge in [0.25, 0.3) is 0 Å². The van der Waals surface area contributed by atoms with E-state index in [1.807, 2.05) is 6.92 Å². The number of anilines is 2. The highest BCUT2D eigenvalue weighted by atomic mass is 35.5. The third-order valence-electron chi connectivity index (χ3n) is 3.62. The van der Waals surface area contributed by atoms with Gasteiger partial charge in [0.2, 0.25) is 15.9 Å². The second kappa shape index (κ2) is 7.41. The van der Waals surface area contributed by atoms with Crippen molar-refractivity contribution in [1.82, 2.24) is 0 Å². The number of sulfonamides is 1. The molecule has 1 N–H and O–H groups in total. The fourth-order valence-corrected chi connectivity index (χ4v) is 3.68. The molecular weight excluding hydrogens is 367 g/mol. The van der Waals surface area contributed by atoms with Crippen molar-refractivity contribution in [3.8, 4) is 0 Å². The summed E-state index contributed by atoms with van der Waals surface area (Å²) in [6, 6.07) is 9.18. The molecule has 0 aliphatic rings. The molecule has 1 amide bonds. The smallest absolute Gasteiger partial charge is 0.247 e. The van der Waals surface area contributed by atoms with E-state index in [1.165, 1.54) is 25.1 Å². The Morgan fingerprint density at radius 3 is 2.44 bits per heavy atom. The van der Waals surface area contributed by atoms with Crippen LogP contribution in [0.5, 0.6) is 0 Å². The Morgan fingerprint density at radius 1 is 1.24 bits per heavy atom. The molecule has 0 bridgehead atoms. The maximum absolute atomic E-state index is 14.1. The van der Waals surface area contributed by atoms with Gasteiger partial charge in [0.1, 0.15) is 11.9 Å². The number of halogens is 2. The second-order valence-electron chi connectivity index (χ2n) is 5.64. The third kappa shape index (κ3) is 4.49. The standard InChI is InChI=1S/C17H18ClFN2O3S/c1-11-8-9-13(10-14(11)18)20-17(22)12(2)21(25(3,23)24)16-7-5-4-6-15(16)19/h4-10,12H,1-3H3,(H,20,22). The number of carbonyl (C=O) groups is 1. The van der Waals surface area contributed by atoms with E-state index >= 15 is 0 Å². The Hall–Kier alpha value is -2.12. The lowest BCUT2D eigenvalue weighted by Crippen LogP contribution is -2.45. The highest BCUT2D eigenvalue weighted by Gasteiger charge is 2.31. The van der Waals surface area contributed by atoms with Gasteiger partial charge >= 0.3 is 0 Å². The molecule has 5 nitrogen and oxygen atoms in total. The molecule has 8 heteroatoms. The van der Waals surface area contributed by atoms with Crippen molar-refractivity contribution in [2.45, 2.75) is 19.9 Å². The summed E-state index contributed by atoms with van der Waals surface area (Å²) < 4.78 is 39.1. The minimum absolute atomic E-state index is 0.186. The molecule has 2 rings (SSSR count). The first-order valence-corrected chi connectivity index (χ1v) is 9.65. The zero-order valence-corrected chi connectivity index (χ0v) is 15.5. The van der Waals surface area contributed by atoms with Crippen molar-refractivity contribution in [1.29, 1.82) is 0 Å². The van der Waals surface area contributed by atoms with Crippen LogP contribution in [-0.4, -0.2) is 26.6 Å². The summed E-state index contributed by atoms with van der Waals surface area (Å²) in [5, 5.41) is 3.07. The van der Waals surface area contributed by atoms with Crippen LogP contribution in [-0.2, 0) is 14.8 Å².